The molecule has 2 N–H and O–H groups in total. The van der Waals surface area contributed by atoms with Gasteiger partial charge in [0.05, 0.1) is 6.42 Å². The van der Waals surface area contributed by atoms with E-state index in [-0.39, 0.29) is 30.2 Å². The van der Waals surface area contributed by atoms with Crippen molar-refractivity contribution >= 4 is 5.96 Å². The zero-order valence-corrected chi connectivity index (χ0v) is 13.2. The second-order valence-electron chi connectivity index (χ2n) is 5.54. The van der Waals surface area contributed by atoms with Crippen LogP contribution in [0.5, 0.6) is 5.75 Å². The van der Waals surface area contributed by atoms with Crippen molar-refractivity contribution in [1.82, 2.24) is 10.6 Å². The van der Waals surface area contributed by atoms with Crippen LogP contribution in [0, 0.1) is 0 Å². The Morgan fingerprint density at radius 1 is 1.20 bits per heavy atom. The topological polar surface area (TPSA) is 45.7 Å². The van der Waals surface area contributed by atoms with Crippen molar-refractivity contribution in [2.75, 3.05) is 13.6 Å². The van der Waals surface area contributed by atoms with Gasteiger partial charge in [0.25, 0.3) is 0 Å². The lowest BCUT2D eigenvalue weighted by Crippen LogP contribution is -2.40. The molecule has 0 radical (unpaired) electrons. The van der Waals surface area contributed by atoms with Crippen LogP contribution in [0.1, 0.15) is 24.3 Å². The molecule has 1 saturated carbocycles. The van der Waals surface area contributed by atoms with E-state index in [1.54, 1.807) is 6.07 Å². The summed E-state index contributed by atoms with van der Waals surface area (Å²) >= 11 is 0. The average Bonchev–Trinajstić information content (AvgIpc) is 3.23. The fraction of sp³-hybridized carbons (Fsp3) is 0.533. The molecule has 1 aromatic rings. The zero-order chi connectivity index (χ0) is 18.7. The molecule has 2 atom stereocenters. The summed E-state index contributed by atoms with van der Waals surface area (Å²) in [5.41, 5.74) is 0.392. The number of rotatable bonds is 5. The average molecular weight is 369 g/mol. The summed E-state index contributed by atoms with van der Waals surface area (Å²) in [5, 5.41) is 5.43. The molecular formula is C15H17F6N3O. The fourth-order valence-electron chi connectivity index (χ4n) is 2.40. The number of para-hydroxylation sites is 1. The summed E-state index contributed by atoms with van der Waals surface area (Å²) in [7, 11) is 1.40. The summed E-state index contributed by atoms with van der Waals surface area (Å²) in [6, 6.07) is 5.58. The van der Waals surface area contributed by atoms with Crippen LogP contribution in [0.15, 0.2) is 29.3 Å². The van der Waals surface area contributed by atoms with E-state index in [2.05, 4.69) is 20.4 Å². The Morgan fingerprint density at radius 3 is 2.48 bits per heavy atom. The third kappa shape index (κ3) is 6.35. The van der Waals surface area contributed by atoms with Crippen molar-refractivity contribution in [3.63, 3.8) is 0 Å². The highest BCUT2D eigenvalue weighted by Crippen LogP contribution is 2.45. The van der Waals surface area contributed by atoms with Gasteiger partial charge in [0.15, 0.2) is 5.96 Å². The molecule has 4 nitrogen and oxygen atoms in total. The monoisotopic (exact) mass is 369 g/mol. The second-order valence-corrected chi connectivity index (χ2v) is 5.54. The molecular weight excluding hydrogens is 352 g/mol. The van der Waals surface area contributed by atoms with Gasteiger partial charge in [-0.15, -0.1) is 13.2 Å². The van der Waals surface area contributed by atoms with E-state index in [9.17, 15) is 26.3 Å². The third-order valence-corrected chi connectivity index (χ3v) is 3.58. The van der Waals surface area contributed by atoms with Crippen molar-refractivity contribution in [2.45, 2.75) is 37.3 Å². The molecule has 2 unspecified atom stereocenters. The number of benzene rings is 1. The summed E-state index contributed by atoms with van der Waals surface area (Å²) in [5.74, 6) is -0.338. The van der Waals surface area contributed by atoms with Crippen LogP contribution < -0.4 is 15.4 Å². The minimum Gasteiger partial charge on any atom is -0.405 e. The molecule has 0 saturated heterocycles. The van der Waals surface area contributed by atoms with Crippen LogP contribution in [0.3, 0.4) is 0 Å². The van der Waals surface area contributed by atoms with Gasteiger partial charge in [-0.3, -0.25) is 4.99 Å². The largest absolute Gasteiger partial charge is 0.573 e. The summed E-state index contributed by atoms with van der Waals surface area (Å²) < 4.78 is 77.8. The van der Waals surface area contributed by atoms with Gasteiger partial charge in [-0.2, -0.15) is 13.2 Å². The van der Waals surface area contributed by atoms with Gasteiger partial charge >= 0.3 is 12.5 Å². The summed E-state index contributed by atoms with van der Waals surface area (Å²) in [6.07, 6.45) is -9.55. The van der Waals surface area contributed by atoms with Crippen molar-refractivity contribution in [3.8, 4) is 5.75 Å². The molecule has 1 aliphatic carbocycles. The first-order valence-electron chi connectivity index (χ1n) is 7.47. The summed E-state index contributed by atoms with van der Waals surface area (Å²) in [4.78, 5) is 3.81. The predicted molar refractivity (Wildman–Crippen MR) is 79.4 cm³/mol. The van der Waals surface area contributed by atoms with E-state index in [1.165, 1.54) is 25.2 Å². The first kappa shape index (κ1) is 19.2. The van der Waals surface area contributed by atoms with Crippen LogP contribution in [0.2, 0.25) is 0 Å². The Bertz CT molecular complexity index is 614. The Labute approximate surface area is 140 Å². The number of ether oxygens (including phenoxy) is 1. The molecule has 0 bridgehead atoms. The first-order valence-corrected chi connectivity index (χ1v) is 7.47. The van der Waals surface area contributed by atoms with E-state index < -0.39 is 19.0 Å². The predicted octanol–water partition coefficient (Wildman–Crippen LogP) is 3.56. The molecule has 140 valence electrons. The minimum absolute atomic E-state index is 0.172. The minimum atomic E-state index is -4.79. The number of alkyl halides is 6. The molecule has 2 rings (SSSR count). The van der Waals surface area contributed by atoms with Gasteiger partial charge in [-0.25, -0.2) is 0 Å². The van der Waals surface area contributed by atoms with Crippen molar-refractivity contribution in [3.05, 3.63) is 29.8 Å². The number of aliphatic imine (C=N–C) groups is 1. The second kappa shape index (κ2) is 7.40. The molecule has 0 aliphatic heterocycles. The van der Waals surface area contributed by atoms with Gasteiger partial charge in [-0.05, 0) is 18.1 Å². The molecule has 0 aromatic heterocycles. The maximum atomic E-state index is 12.4. The number of hydrogen-bond donors (Lipinski definition) is 2. The first-order chi connectivity index (χ1) is 11.6. The number of guanidine groups is 1. The highest BCUT2D eigenvalue weighted by Gasteiger charge is 2.42. The third-order valence-electron chi connectivity index (χ3n) is 3.58. The highest BCUT2D eigenvalue weighted by atomic mass is 19.4. The maximum Gasteiger partial charge on any atom is 0.573 e. The molecule has 1 aliphatic rings. The van der Waals surface area contributed by atoms with Gasteiger partial charge in [0, 0.05) is 25.6 Å². The van der Waals surface area contributed by atoms with E-state index in [0.717, 1.165) is 0 Å². The van der Waals surface area contributed by atoms with Gasteiger partial charge in [-0.1, -0.05) is 18.2 Å². The van der Waals surface area contributed by atoms with Gasteiger partial charge in [0.1, 0.15) is 5.75 Å². The molecule has 0 amide bonds. The Hall–Kier alpha value is -2.13. The van der Waals surface area contributed by atoms with E-state index >= 15 is 0 Å². The SMILES string of the molecule is CN=C(NCCC(F)(F)F)NC1CC1c1ccccc1OC(F)(F)F. The molecule has 0 spiro atoms. The number of nitrogens with one attached hydrogen (secondary N) is 2. The Balaban J connectivity index is 1.92. The van der Waals surface area contributed by atoms with Crippen molar-refractivity contribution < 1.29 is 31.1 Å². The normalized spacial score (nSPS) is 21.0. The molecule has 25 heavy (non-hydrogen) atoms. The number of hydrogen-bond acceptors (Lipinski definition) is 2. The lowest BCUT2D eigenvalue weighted by molar-refractivity contribution is -0.274. The molecule has 0 heterocycles. The van der Waals surface area contributed by atoms with Gasteiger partial charge < -0.3 is 15.4 Å². The molecule has 1 aromatic carbocycles. The van der Waals surface area contributed by atoms with E-state index in [4.69, 9.17) is 0 Å². The smallest absolute Gasteiger partial charge is 0.405 e. The standard InChI is InChI=1S/C15H17F6N3O/c1-22-13(23-7-6-14(16,17)18)24-11-8-10(11)9-4-2-3-5-12(9)25-15(19,20)21/h2-5,10-11H,6-8H2,1H3,(H2,22,23,24). The highest BCUT2D eigenvalue weighted by molar-refractivity contribution is 5.80. The Kier molecular flexibility index (Phi) is 5.69. The quantitative estimate of drug-likeness (QED) is 0.474. The number of nitrogens with zero attached hydrogens (tertiary/aromatic N) is 1. The van der Waals surface area contributed by atoms with Crippen LogP contribution in [0.25, 0.3) is 0 Å². The van der Waals surface area contributed by atoms with Crippen molar-refractivity contribution in [2.24, 2.45) is 4.99 Å². The Morgan fingerprint density at radius 2 is 1.88 bits per heavy atom. The fourth-order valence-corrected chi connectivity index (χ4v) is 2.40. The van der Waals surface area contributed by atoms with Crippen LogP contribution in [0.4, 0.5) is 26.3 Å². The lowest BCUT2D eigenvalue weighted by atomic mass is 10.1. The van der Waals surface area contributed by atoms with Crippen molar-refractivity contribution in [1.29, 1.82) is 0 Å². The van der Waals surface area contributed by atoms with Gasteiger partial charge in [0.2, 0.25) is 0 Å². The van der Waals surface area contributed by atoms with Crippen LogP contribution >= 0.6 is 0 Å². The molecule has 1 fully saturated rings. The summed E-state index contributed by atoms with van der Waals surface area (Å²) in [6.45, 7) is -0.339. The zero-order valence-electron chi connectivity index (χ0n) is 13.2. The van der Waals surface area contributed by atoms with E-state index in [1.807, 2.05) is 0 Å². The van der Waals surface area contributed by atoms with Crippen LogP contribution in [-0.4, -0.2) is 38.1 Å². The van der Waals surface area contributed by atoms with Crippen LogP contribution in [-0.2, 0) is 0 Å². The lowest BCUT2D eigenvalue weighted by Gasteiger charge is -2.15. The number of halogens is 6. The maximum absolute atomic E-state index is 12.4. The van der Waals surface area contributed by atoms with E-state index in [0.29, 0.717) is 12.0 Å². The molecule has 10 heteroatoms.